The van der Waals surface area contributed by atoms with Gasteiger partial charge in [0.1, 0.15) is 0 Å². The summed E-state index contributed by atoms with van der Waals surface area (Å²) in [5, 5.41) is 13.7. The zero-order chi connectivity index (χ0) is 15.7. The van der Waals surface area contributed by atoms with Crippen molar-refractivity contribution in [2.75, 3.05) is 18.0 Å². The van der Waals surface area contributed by atoms with Crippen LogP contribution in [0.15, 0.2) is 18.2 Å². The number of nitrogens with one attached hydrogen (secondary N) is 1. The van der Waals surface area contributed by atoms with E-state index in [1.807, 2.05) is 25.1 Å². The number of aryl methyl sites for hydroxylation is 1. The molecule has 1 aliphatic rings. The van der Waals surface area contributed by atoms with Crippen LogP contribution in [-0.4, -0.2) is 40.3 Å². The average Bonchev–Trinajstić information content (AvgIpc) is 2.47. The third kappa shape index (κ3) is 2.84. The van der Waals surface area contributed by atoms with Gasteiger partial charge in [-0.2, -0.15) is 4.98 Å². The molecule has 6 nitrogen and oxygen atoms in total. The molecule has 0 bridgehead atoms. The Bertz CT molecular complexity index is 711. The fraction of sp³-hybridized carbons (Fsp3) is 0.400. The minimum absolute atomic E-state index is 0.0632. The number of carboxylic acid groups (broad SMARTS) is 1. The van der Waals surface area contributed by atoms with Gasteiger partial charge in [-0.05, 0) is 62.2 Å². The summed E-state index contributed by atoms with van der Waals surface area (Å²) in [6.07, 6.45) is 0.492. The number of hydrogen-bond donors (Lipinski definition) is 2. The SMILES string of the molecule is Cc1ccc2c(N(C(=O)O)C3CCNCC3)nc(Cl)nc2c1. The molecule has 2 aromatic rings. The zero-order valence-electron chi connectivity index (χ0n) is 12.2. The third-order valence-corrected chi connectivity index (χ3v) is 4.08. The molecule has 0 aliphatic carbocycles. The summed E-state index contributed by atoms with van der Waals surface area (Å²) >= 11 is 6.01. The summed E-state index contributed by atoms with van der Waals surface area (Å²) in [6.45, 7) is 3.55. The first-order valence-corrected chi connectivity index (χ1v) is 7.61. The van der Waals surface area contributed by atoms with Gasteiger partial charge in [-0.15, -0.1) is 0 Å². The van der Waals surface area contributed by atoms with Gasteiger partial charge in [-0.3, -0.25) is 4.90 Å². The number of amides is 1. The minimum atomic E-state index is -1.01. The maximum atomic E-state index is 11.8. The molecule has 2 N–H and O–H groups in total. The third-order valence-electron chi connectivity index (χ3n) is 3.91. The number of carbonyl (C=O) groups is 1. The van der Waals surface area contributed by atoms with Crippen LogP contribution < -0.4 is 10.2 Å². The number of rotatable bonds is 2. The molecule has 7 heteroatoms. The molecule has 0 unspecified atom stereocenters. The van der Waals surface area contributed by atoms with Crippen molar-refractivity contribution in [2.45, 2.75) is 25.8 Å². The van der Waals surface area contributed by atoms with E-state index < -0.39 is 6.09 Å². The molecule has 1 aromatic carbocycles. The lowest BCUT2D eigenvalue weighted by Gasteiger charge is -2.32. The highest BCUT2D eigenvalue weighted by Crippen LogP contribution is 2.29. The monoisotopic (exact) mass is 320 g/mol. The first-order chi connectivity index (χ1) is 10.6. The summed E-state index contributed by atoms with van der Waals surface area (Å²) < 4.78 is 0. The first kappa shape index (κ1) is 15.0. The van der Waals surface area contributed by atoms with E-state index in [1.54, 1.807) is 0 Å². The molecule has 0 atom stereocenters. The van der Waals surface area contributed by atoms with Crippen molar-refractivity contribution in [3.8, 4) is 0 Å². The highest BCUT2D eigenvalue weighted by molar-refractivity contribution is 6.29. The van der Waals surface area contributed by atoms with Gasteiger partial charge in [0.25, 0.3) is 0 Å². The fourth-order valence-corrected chi connectivity index (χ4v) is 3.03. The second kappa shape index (κ2) is 6.06. The van der Waals surface area contributed by atoms with E-state index in [0.717, 1.165) is 31.5 Å². The number of nitrogens with zero attached hydrogens (tertiary/aromatic N) is 3. The number of hydrogen-bond acceptors (Lipinski definition) is 4. The van der Waals surface area contributed by atoms with Gasteiger partial charge in [-0.1, -0.05) is 6.07 Å². The van der Waals surface area contributed by atoms with Crippen molar-refractivity contribution in [1.29, 1.82) is 0 Å². The summed E-state index contributed by atoms with van der Waals surface area (Å²) in [5.74, 6) is 0.370. The summed E-state index contributed by atoms with van der Waals surface area (Å²) in [7, 11) is 0. The largest absolute Gasteiger partial charge is 0.465 e. The van der Waals surface area contributed by atoms with Crippen LogP contribution in [0.5, 0.6) is 0 Å². The summed E-state index contributed by atoms with van der Waals surface area (Å²) in [6, 6.07) is 5.56. The van der Waals surface area contributed by atoms with E-state index in [4.69, 9.17) is 11.6 Å². The molecule has 1 fully saturated rings. The summed E-state index contributed by atoms with van der Waals surface area (Å²) in [4.78, 5) is 21.6. The minimum Gasteiger partial charge on any atom is -0.465 e. The van der Waals surface area contributed by atoms with Gasteiger partial charge >= 0.3 is 6.09 Å². The molecule has 1 saturated heterocycles. The molecule has 2 heterocycles. The van der Waals surface area contributed by atoms with Gasteiger partial charge < -0.3 is 10.4 Å². The number of fused-ring (bicyclic) bond motifs is 1. The topological polar surface area (TPSA) is 78.4 Å². The van der Waals surface area contributed by atoms with E-state index in [0.29, 0.717) is 16.7 Å². The molecular formula is C15H17ClN4O2. The van der Waals surface area contributed by atoms with E-state index in [-0.39, 0.29) is 11.3 Å². The van der Waals surface area contributed by atoms with E-state index in [9.17, 15) is 9.90 Å². The Balaban J connectivity index is 2.14. The maximum absolute atomic E-state index is 11.8. The molecule has 22 heavy (non-hydrogen) atoms. The molecule has 0 saturated carbocycles. The van der Waals surface area contributed by atoms with Crippen molar-refractivity contribution in [3.63, 3.8) is 0 Å². The van der Waals surface area contributed by atoms with Gasteiger partial charge in [-0.25, -0.2) is 9.78 Å². The Hall–Kier alpha value is -1.92. The predicted octanol–water partition coefficient (Wildman–Crippen LogP) is 2.83. The van der Waals surface area contributed by atoms with Gasteiger partial charge in [0.15, 0.2) is 5.82 Å². The van der Waals surface area contributed by atoms with Crippen LogP contribution in [0.3, 0.4) is 0 Å². The Labute approximate surface area is 133 Å². The number of aromatic nitrogens is 2. The predicted molar refractivity (Wildman–Crippen MR) is 85.7 cm³/mol. The first-order valence-electron chi connectivity index (χ1n) is 7.23. The molecule has 0 spiro atoms. The zero-order valence-corrected chi connectivity index (χ0v) is 13.0. The van der Waals surface area contributed by atoms with Crippen LogP contribution >= 0.6 is 11.6 Å². The highest BCUT2D eigenvalue weighted by Gasteiger charge is 2.29. The second-order valence-electron chi connectivity index (χ2n) is 5.47. The van der Waals surface area contributed by atoms with Crippen molar-refractivity contribution >= 4 is 34.4 Å². The lowest BCUT2D eigenvalue weighted by atomic mass is 10.0. The van der Waals surface area contributed by atoms with Crippen LogP contribution in [0, 0.1) is 6.92 Å². The molecule has 0 radical (unpaired) electrons. The standard InChI is InChI=1S/C15H17ClN4O2/c1-9-2-3-11-12(8-9)18-14(16)19-13(11)20(15(21)22)10-4-6-17-7-5-10/h2-3,8,10,17H,4-7H2,1H3,(H,21,22). The fourth-order valence-electron chi connectivity index (χ4n) is 2.86. The Morgan fingerprint density at radius 1 is 1.36 bits per heavy atom. The average molecular weight is 321 g/mol. The van der Waals surface area contributed by atoms with Crippen LogP contribution in [0.4, 0.5) is 10.6 Å². The highest BCUT2D eigenvalue weighted by atomic mass is 35.5. The summed E-state index contributed by atoms with van der Waals surface area (Å²) in [5.41, 5.74) is 1.70. The molecule has 116 valence electrons. The quantitative estimate of drug-likeness (QED) is 0.832. The smallest absolute Gasteiger partial charge is 0.413 e. The Morgan fingerprint density at radius 2 is 2.09 bits per heavy atom. The van der Waals surface area contributed by atoms with E-state index in [2.05, 4.69) is 15.3 Å². The lowest BCUT2D eigenvalue weighted by molar-refractivity contribution is 0.196. The molecule has 1 aliphatic heterocycles. The van der Waals surface area contributed by atoms with Gasteiger partial charge in [0, 0.05) is 11.4 Å². The van der Waals surface area contributed by atoms with Crippen molar-refractivity contribution in [2.24, 2.45) is 0 Å². The van der Waals surface area contributed by atoms with E-state index in [1.165, 1.54) is 4.90 Å². The number of anilines is 1. The number of halogens is 1. The molecule has 1 amide bonds. The van der Waals surface area contributed by atoms with Crippen molar-refractivity contribution < 1.29 is 9.90 Å². The van der Waals surface area contributed by atoms with E-state index >= 15 is 0 Å². The van der Waals surface area contributed by atoms with Gasteiger partial charge in [0.2, 0.25) is 5.28 Å². The van der Waals surface area contributed by atoms with Gasteiger partial charge in [0.05, 0.1) is 5.52 Å². The Morgan fingerprint density at radius 3 is 2.77 bits per heavy atom. The van der Waals surface area contributed by atoms with Crippen LogP contribution in [-0.2, 0) is 0 Å². The number of benzene rings is 1. The molecule has 3 rings (SSSR count). The van der Waals surface area contributed by atoms with Crippen molar-refractivity contribution in [3.05, 3.63) is 29.0 Å². The van der Waals surface area contributed by atoms with Crippen LogP contribution in [0.25, 0.3) is 10.9 Å². The normalized spacial score (nSPS) is 15.9. The maximum Gasteiger partial charge on any atom is 0.413 e. The Kier molecular flexibility index (Phi) is 4.13. The molecule has 1 aromatic heterocycles. The lowest BCUT2D eigenvalue weighted by Crippen LogP contribution is -2.46. The molecular weight excluding hydrogens is 304 g/mol. The van der Waals surface area contributed by atoms with Crippen LogP contribution in [0.1, 0.15) is 18.4 Å². The number of piperidine rings is 1. The van der Waals surface area contributed by atoms with Crippen molar-refractivity contribution in [1.82, 2.24) is 15.3 Å². The second-order valence-corrected chi connectivity index (χ2v) is 5.81. The van der Waals surface area contributed by atoms with Crippen LogP contribution in [0.2, 0.25) is 5.28 Å².